The average molecular weight is 392 g/mol. The molecule has 29 heavy (non-hydrogen) atoms. The Morgan fingerprint density at radius 3 is 2.72 bits per heavy atom. The molecule has 0 radical (unpaired) electrons. The van der Waals surface area contributed by atoms with Crippen LogP contribution in [0.15, 0.2) is 53.5 Å². The first kappa shape index (κ1) is 18.9. The second kappa shape index (κ2) is 7.90. The first-order chi connectivity index (χ1) is 14.1. The number of nitrogens with zero attached hydrogens (tertiary/aromatic N) is 6. The molecule has 0 spiro atoms. The number of benzene rings is 2. The molecule has 2 aromatic carbocycles. The molecule has 9 nitrogen and oxygen atoms in total. The van der Waals surface area contributed by atoms with Gasteiger partial charge in [-0.05, 0) is 12.5 Å². The first-order valence-electron chi connectivity index (χ1n) is 9.34. The minimum absolute atomic E-state index is 0.0137. The molecule has 1 aromatic heterocycles. The number of rotatable bonds is 6. The fourth-order valence-electron chi connectivity index (χ4n) is 3.44. The van der Waals surface area contributed by atoms with Gasteiger partial charge in [0.25, 0.3) is 5.69 Å². The van der Waals surface area contributed by atoms with Crippen molar-refractivity contribution in [2.45, 2.75) is 26.4 Å². The van der Waals surface area contributed by atoms with Crippen LogP contribution in [0, 0.1) is 10.1 Å². The van der Waals surface area contributed by atoms with Crippen LogP contribution in [0.5, 0.6) is 0 Å². The molecule has 0 atom stereocenters. The van der Waals surface area contributed by atoms with Gasteiger partial charge in [-0.1, -0.05) is 37.3 Å². The largest absolute Gasteiger partial charge is 0.314 e. The van der Waals surface area contributed by atoms with E-state index in [-0.39, 0.29) is 18.8 Å². The van der Waals surface area contributed by atoms with Gasteiger partial charge >= 0.3 is 0 Å². The topological polar surface area (TPSA) is 110 Å². The number of hydrogen-bond donors (Lipinski definition) is 1. The number of hydroxylamine groups is 2. The standard InChI is InChI=1S/C20H20N6O3/c1-2-10-24(27)13-19-23-22-18-12-21-20(14-6-4-3-5-7-14)16-11-15(26(28)29)8-9-17(16)25(18)19/h3-9,11,27H,2,10,12-13H2,1H3. The van der Waals surface area contributed by atoms with Gasteiger partial charge in [0.15, 0.2) is 11.6 Å². The number of aromatic nitrogens is 3. The SMILES string of the molecule is CCCN(O)Cc1nnc2n1-c1ccc([N+](=O)[O-])cc1C(c1ccccc1)=NC2. The summed E-state index contributed by atoms with van der Waals surface area (Å²) >= 11 is 0. The summed E-state index contributed by atoms with van der Waals surface area (Å²) < 4.78 is 1.83. The Labute approximate surface area is 167 Å². The fourth-order valence-corrected chi connectivity index (χ4v) is 3.44. The van der Waals surface area contributed by atoms with Crippen LogP contribution in [0.4, 0.5) is 5.69 Å². The van der Waals surface area contributed by atoms with Gasteiger partial charge < -0.3 is 5.21 Å². The van der Waals surface area contributed by atoms with Gasteiger partial charge in [0.1, 0.15) is 6.54 Å². The normalized spacial score (nSPS) is 12.9. The molecule has 2 heterocycles. The molecule has 4 rings (SSSR count). The van der Waals surface area contributed by atoms with Crippen molar-refractivity contribution in [2.75, 3.05) is 6.54 Å². The highest BCUT2D eigenvalue weighted by atomic mass is 16.6. The van der Waals surface area contributed by atoms with Crippen molar-refractivity contribution in [1.82, 2.24) is 19.8 Å². The molecule has 1 aliphatic rings. The van der Waals surface area contributed by atoms with Crippen LogP contribution >= 0.6 is 0 Å². The Balaban J connectivity index is 1.88. The van der Waals surface area contributed by atoms with Crippen molar-refractivity contribution in [3.8, 4) is 5.69 Å². The monoisotopic (exact) mass is 392 g/mol. The van der Waals surface area contributed by atoms with Crippen molar-refractivity contribution >= 4 is 11.4 Å². The van der Waals surface area contributed by atoms with Crippen LogP contribution in [-0.4, -0.2) is 42.2 Å². The van der Waals surface area contributed by atoms with Gasteiger partial charge in [0.2, 0.25) is 0 Å². The molecule has 1 aliphatic heterocycles. The Bertz CT molecular complexity index is 1080. The molecule has 0 bridgehead atoms. The lowest BCUT2D eigenvalue weighted by Gasteiger charge is -2.16. The molecule has 148 valence electrons. The zero-order valence-electron chi connectivity index (χ0n) is 15.9. The summed E-state index contributed by atoms with van der Waals surface area (Å²) in [5.41, 5.74) is 2.85. The van der Waals surface area contributed by atoms with E-state index < -0.39 is 4.92 Å². The Hall–Kier alpha value is -3.43. The van der Waals surface area contributed by atoms with E-state index in [0.717, 1.165) is 12.0 Å². The molecule has 3 aromatic rings. The number of non-ortho nitro benzene ring substituents is 1. The number of hydrogen-bond acceptors (Lipinski definition) is 7. The Morgan fingerprint density at radius 2 is 2.00 bits per heavy atom. The second-order valence-corrected chi connectivity index (χ2v) is 6.75. The third kappa shape index (κ3) is 3.65. The lowest BCUT2D eigenvalue weighted by Crippen LogP contribution is -2.22. The average Bonchev–Trinajstić information content (AvgIpc) is 3.03. The van der Waals surface area contributed by atoms with Crippen molar-refractivity contribution < 1.29 is 10.1 Å². The van der Waals surface area contributed by atoms with Crippen LogP contribution in [0.3, 0.4) is 0 Å². The highest BCUT2D eigenvalue weighted by Gasteiger charge is 2.25. The molecule has 0 unspecified atom stereocenters. The van der Waals surface area contributed by atoms with E-state index in [2.05, 4.69) is 10.2 Å². The minimum atomic E-state index is -0.418. The quantitative estimate of drug-likeness (QED) is 0.510. The van der Waals surface area contributed by atoms with Crippen molar-refractivity contribution in [1.29, 1.82) is 0 Å². The second-order valence-electron chi connectivity index (χ2n) is 6.75. The number of nitro benzene ring substituents is 1. The lowest BCUT2D eigenvalue weighted by molar-refractivity contribution is -0.384. The highest BCUT2D eigenvalue weighted by molar-refractivity contribution is 6.15. The smallest absolute Gasteiger partial charge is 0.270 e. The number of fused-ring (bicyclic) bond motifs is 3. The summed E-state index contributed by atoms with van der Waals surface area (Å²) in [6.07, 6.45) is 0.793. The predicted octanol–water partition coefficient (Wildman–Crippen LogP) is 3.13. The summed E-state index contributed by atoms with van der Waals surface area (Å²) in [7, 11) is 0. The lowest BCUT2D eigenvalue weighted by atomic mass is 10.00. The molecule has 0 aliphatic carbocycles. The van der Waals surface area contributed by atoms with E-state index in [1.807, 2.05) is 41.8 Å². The number of nitro groups is 1. The minimum Gasteiger partial charge on any atom is -0.314 e. The maximum atomic E-state index is 11.4. The van der Waals surface area contributed by atoms with Crippen molar-refractivity contribution in [2.24, 2.45) is 4.99 Å². The summed E-state index contributed by atoms with van der Waals surface area (Å²) in [5.74, 6) is 1.17. The maximum absolute atomic E-state index is 11.4. The van der Waals surface area contributed by atoms with E-state index >= 15 is 0 Å². The van der Waals surface area contributed by atoms with Crippen LogP contribution < -0.4 is 0 Å². The number of aliphatic imine (C=N–C) groups is 1. The predicted molar refractivity (Wildman–Crippen MR) is 106 cm³/mol. The first-order valence-corrected chi connectivity index (χ1v) is 9.34. The van der Waals surface area contributed by atoms with Gasteiger partial charge in [-0.15, -0.1) is 10.2 Å². The van der Waals surface area contributed by atoms with Crippen molar-refractivity contribution in [3.63, 3.8) is 0 Å². The molecular formula is C20H20N6O3. The van der Waals surface area contributed by atoms with E-state index in [1.54, 1.807) is 6.07 Å². The maximum Gasteiger partial charge on any atom is 0.270 e. The van der Waals surface area contributed by atoms with Crippen LogP contribution in [0.25, 0.3) is 5.69 Å². The Kier molecular flexibility index (Phi) is 5.15. The summed E-state index contributed by atoms with van der Waals surface area (Å²) in [6.45, 7) is 2.94. The molecular weight excluding hydrogens is 372 g/mol. The van der Waals surface area contributed by atoms with E-state index in [9.17, 15) is 15.3 Å². The van der Waals surface area contributed by atoms with Crippen molar-refractivity contribution in [3.05, 3.63) is 81.4 Å². The van der Waals surface area contributed by atoms with Gasteiger partial charge in [-0.2, -0.15) is 5.06 Å². The summed E-state index contributed by atoms with van der Waals surface area (Å²) in [5, 5.41) is 31.2. The summed E-state index contributed by atoms with van der Waals surface area (Å²) in [6, 6.07) is 14.2. The van der Waals surface area contributed by atoms with Crippen LogP contribution in [-0.2, 0) is 13.1 Å². The van der Waals surface area contributed by atoms with Gasteiger partial charge in [0.05, 0.1) is 22.9 Å². The third-order valence-corrected chi connectivity index (χ3v) is 4.72. The summed E-state index contributed by atoms with van der Waals surface area (Å²) in [4.78, 5) is 15.7. The molecule has 0 saturated heterocycles. The van der Waals surface area contributed by atoms with Gasteiger partial charge in [-0.25, -0.2) is 0 Å². The molecule has 0 fully saturated rings. The van der Waals surface area contributed by atoms with Gasteiger partial charge in [-0.3, -0.25) is 19.7 Å². The zero-order chi connectivity index (χ0) is 20.4. The Morgan fingerprint density at radius 1 is 1.21 bits per heavy atom. The van der Waals surface area contributed by atoms with Crippen LogP contribution in [0.1, 0.15) is 36.1 Å². The molecule has 1 N–H and O–H groups in total. The van der Waals surface area contributed by atoms with E-state index in [0.29, 0.717) is 35.2 Å². The fraction of sp³-hybridized carbons (Fsp3) is 0.250. The molecule has 9 heteroatoms. The van der Waals surface area contributed by atoms with E-state index in [4.69, 9.17) is 4.99 Å². The zero-order valence-corrected chi connectivity index (χ0v) is 15.9. The molecule has 0 saturated carbocycles. The van der Waals surface area contributed by atoms with Crippen LogP contribution in [0.2, 0.25) is 0 Å². The van der Waals surface area contributed by atoms with Gasteiger partial charge in [0, 0.05) is 29.8 Å². The third-order valence-electron chi connectivity index (χ3n) is 4.72. The van der Waals surface area contributed by atoms with E-state index in [1.165, 1.54) is 17.2 Å². The molecule has 0 amide bonds. The highest BCUT2D eigenvalue weighted by Crippen LogP contribution is 2.29.